The van der Waals surface area contributed by atoms with Crippen molar-refractivity contribution in [2.24, 2.45) is 0 Å². The average molecular weight is 267 g/mol. The molecule has 0 bridgehead atoms. The van der Waals surface area contributed by atoms with E-state index in [1.807, 2.05) is 36.4 Å². The van der Waals surface area contributed by atoms with Gasteiger partial charge in [0.25, 0.3) is 5.91 Å². The number of hydrogen-bond acceptors (Lipinski definition) is 2. The van der Waals surface area contributed by atoms with E-state index >= 15 is 0 Å². The molecule has 0 saturated carbocycles. The van der Waals surface area contributed by atoms with Crippen LogP contribution in [0.2, 0.25) is 0 Å². The molecule has 3 heteroatoms. The predicted octanol–water partition coefficient (Wildman–Crippen LogP) is 2.75. The molecule has 0 radical (unpaired) electrons. The van der Waals surface area contributed by atoms with Gasteiger partial charge in [0.05, 0.1) is 0 Å². The molecule has 2 aromatic rings. The van der Waals surface area contributed by atoms with Gasteiger partial charge in [0, 0.05) is 18.5 Å². The van der Waals surface area contributed by atoms with Gasteiger partial charge >= 0.3 is 0 Å². The number of nitrogens with one attached hydrogen (secondary N) is 1. The lowest BCUT2D eigenvalue weighted by Crippen LogP contribution is -2.22. The Morgan fingerprint density at radius 2 is 1.65 bits per heavy atom. The van der Waals surface area contributed by atoms with Crippen molar-refractivity contribution in [1.29, 1.82) is 0 Å². The zero-order valence-electron chi connectivity index (χ0n) is 11.4. The Kier molecular flexibility index (Phi) is 4.66. The first-order valence-corrected chi connectivity index (χ1v) is 6.55. The van der Waals surface area contributed by atoms with Crippen molar-refractivity contribution in [3.8, 4) is 0 Å². The van der Waals surface area contributed by atoms with E-state index in [9.17, 15) is 9.59 Å². The maximum atomic E-state index is 12.1. The topological polar surface area (TPSA) is 46.2 Å². The van der Waals surface area contributed by atoms with Gasteiger partial charge in [-0.3, -0.25) is 9.59 Å². The molecule has 0 aliphatic rings. The highest BCUT2D eigenvalue weighted by atomic mass is 16.1. The number of carbonyl (C=O) groups excluding carboxylic acids is 2. The summed E-state index contributed by atoms with van der Waals surface area (Å²) in [4.78, 5) is 23.2. The Labute approximate surface area is 118 Å². The van der Waals surface area contributed by atoms with Crippen molar-refractivity contribution in [2.45, 2.75) is 19.9 Å². The molecule has 0 unspecified atom stereocenters. The van der Waals surface area contributed by atoms with Gasteiger partial charge in [-0.1, -0.05) is 42.5 Å². The summed E-state index contributed by atoms with van der Waals surface area (Å²) in [5.41, 5.74) is 2.50. The molecular weight excluding hydrogens is 250 g/mol. The van der Waals surface area contributed by atoms with E-state index in [1.54, 1.807) is 25.1 Å². The standard InChI is InChI=1S/C17H17NO2/c1-13(19)10-15-8-5-9-16(11-15)17(20)18-12-14-6-3-2-4-7-14/h2-9,11H,10,12H2,1H3,(H,18,20). The van der Waals surface area contributed by atoms with E-state index in [0.29, 0.717) is 18.5 Å². The summed E-state index contributed by atoms with van der Waals surface area (Å²) in [6, 6.07) is 16.9. The molecule has 0 fully saturated rings. The molecular formula is C17H17NO2. The Balaban J connectivity index is 2.00. The first kappa shape index (κ1) is 14.0. The third-order valence-corrected chi connectivity index (χ3v) is 2.94. The van der Waals surface area contributed by atoms with Gasteiger partial charge < -0.3 is 5.32 Å². The van der Waals surface area contributed by atoms with E-state index in [1.165, 1.54) is 0 Å². The molecule has 0 aromatic heterocycles. The fourth-order valence-electron chi connectivity index (χ4n) is 1.99. The van der Waals surface area contributed by atoms with Gasteiger partial charge in [-0.15, -0.1) is 0 Å². The minimum atomic E-state index is -0.126. The predicted molar refractivity (Wildman–Crippen MR) is 78.4 cm³/mol. The smallest absolute Gasteiger partial charge is 0.251 e. The van der Waals surface area contributed by atoms with Crippen LogP contribution in [0.3, 0.4) is 0 Å². The van der Waals surface area contributed by atoms with Gasteiger partial charge in [0.15, 0.2) is 0 Å². The van der Waals surface area contributed by atoms with Gasteiger partial charge in [-0.05, 0) is 30.2 Å². The highest BCUT2D eigenvalue weighted by molar-refractivity contribution is 5.94. The Morgan fingerprint density at radius 3 is 2.35 bits per heavy atom. The summed E-state index contributed by atoms with van der Waals surface area (Å²) >= 11 is 0. The first-order valence-electron chi connectivity index (χ1n) is 6.55. The van der Waals surface area contributed by atoms with Crippen LogP contribution in [0.15, 0.2) is 54.6 Å². The summed E-state index contributed by atoms with van der Waals surface area (Å²) in [6.07, 6.45) is 0.361. The Bertz CT molecular complexity index is 605. The molecule has 102 valence electrons. The molecule has 0 saturated heterocycles. The van der Waals surface area contributed by atoms with E-state index in [2.05, 4.69) is 5.32 Å². The van der Waals surface area contributed by atoms with Gasteiger partial charge in [0.2, 0.25) is 0 Å². The summed E-state index contributed by atoms with van der Waals surface area (Å²) in [5.74, 6) is -0.0360. The molecule has 2 rings (SSSR count). The number of benzene rings is 2. The average Bonchev–Trinajstić information content (AvgIpc) is 2.45. The second-order valence-corrected chi connectivity index (χ2v) is 4.75. The SMILES string of the molecule is CC(=O)Cc1cccc(C(=O)NCc2ccccc2)c1. The normalized spacial score (nSPS) is 10.1. The molecule has 20 heavy (non-hydrogen) atoms. The lowest BCUT2D eigenvalue weighted by molar-refractivity contribution is -0.116. The van der Waals surface area contributed by atoms with Gasteiger partial charge in [0.1, 0.15) is 5.78 Å². The van der Waals surface area contributed by atoms with Crippen LogP contribution in [0.1, 0.15) is 28.4 Å². The summed E-state index contributed by atoms with van der Waals surface area (Å²) in [5, 5.41) is 2.87. The minimum absolute atomic E-state index is 0.0897. The highest BCUT2D eigenvalue weighted by Gasteiger charge is 2.06. The Hall–Kier alpha value is -2.42. The molecule has 1 N–H and O–H groups in total. The van der Waals surface area contributed by atoms with Crippen LogP contribution in [0.4, 0.5) is 0 Å². The second kappa shape index (κ2) is 6.66. The summed E-state index contributed by atoms with van der Waals surface area (Å²) in [7, 11) is 0. The van der Waals surface area contributed by atoms with Crippen molar-refractivity contribution in [3.05, 3.63) is 71.3 Å². The van der Waals surface area contributed by atoms with E-state index in [4.69, 9.17) is 0 Å². The maximum absolute atomic E-state index is 12.1. The fourth-order valence-corrected chi connectivity index (χ4v) is 1.99. The van der Waals surface area contributed by atoms with Crippen molar-refractivity contribution >= 4 is 11.7 Å². The van der Waals surface area contributed by atoms with E-state index < -0.39 is 0 Å². The third kappa shape index (κ3) is 4.05. The van der Waals surface area contributed by atoms with Crippen LogP contribution in [-0.4, -0.2) is 11.7 Å². The van der Waals surface area contributed by atoms with Crippen molar-refractivity contribution in [3.63, 3.8) is 0 Å². The molecule has 0 heterocycles. The third-order valence-electron chi connectivity index (χ3n) is 2.94. The molecule has 3 nitrogen and oxygen atoms in total. The number of ketones is 1. The number of hydrogen-bond donors (Lipinski definition) is 1. The van der Waals surface area contributed by atoms with Crippen molar-refractivity contribution < 1.29 is 9.59 Å². The van der Waals surface area contributed by atoms with Crippen LogP contribution in [0, 0.1) is 0 Å². The van der Waals surface area contributed by atoms with Crippen LogP contribution in [0.25, 0.3) is 0 Å². The fraction of sp³-hybridized carbons (Fsp3) is 0.176. The zero-order chi connectivity index (χ0) is 14.4. The molecule has 0 aliphatic heterocycles. The molecule has 0 spiro atoms. The second-order valence-electron chi connectivity index (χ2n) is 4.75. The monoisotopic (exact) mass is 267 g/mol. The quantitative estimate of drug-likeness (QED) is 0.905. The number of rotatable bonds is 5. The molecule has 0 atom stereocenters. The van der Waals surface area contributed by atoms with Gasteiger partial charge in [-0.25, -0.2) is 0 Å². The molecule has 2 aromatic carbocycles. The van der Waals surface area contributed by atoms with Crippen molar-refractivity contribution in [2.75, 3.05) is 0 Å². The highest BCUT2D eigenvalue weighted by Crippen LogP contribution is 2.07. The zero-order valence-corrected chi connectivity index (χ0v) is 11.4. The van der Waals surface area contributed by atoms with E-state index in [-0.39, 0.29) is 11.7 Å². The first-order chi connectivity index (χ1) is 9.65. The molecule has 1 amide bonds. The van der Waals surface area contributed by atoms with Crippen LogP contribution >= 0.6 is 0 Å². The van der Waals surface area contributed by atoms with Gasteiger partial charge in [-0.2, -0.15) is 0 Å². The van der Waals surface area contributed by atoms with Crippen LogP contribution < -0.4 is 5.32 Å². The Morgan fingerprint density at radius 1 is 0.950 bits per heavy atom. The summed E-state index contributed by atoms with van der Waals surface area (Å²) in [6.45, 7) is 2.04. The number of amides is 1. The summed E-state index contributed by atoms with van der Waals surface area (Å²) < 4.78 is 0. The number of carbonyl (C=O) groups is 2. The van der Waals surface area contributed by atoms with E-state index in [0.717, 1.165) is 11.1 Å². The van der Waals surface area contributed by atoms with Crippen molar-refractivity contribution in [1.82, 2.24) is 5.32 Å². The van der Waals surface area contributed by atoms with Crippen LogP contribution in [0.5, 0.6) is 0 Å². The lowest BCUT2D eigenvalue weighted by atomic mass is 10.1. The largest absolute Gasteiger partial charge is 0.348 e. The van der Waals surface area contributed by atoms with Crippen LogP contribution in [-0.2, 0) is 17.8 Å². The lowest BCUT2D eigenvalue weighted by Gasteiger charge is -2.06. The number of Topliss-reactive ketones (excluding diaryl/α,β-unsaturated/α-hetero) is 1. The maximum Gasteiger partial charge on any atom is 0.251 e. The minimum Gasteiger partial charge on any atom is -0.348 e. The molecule has 0 aliphatic carbocycles.